The Kier molecular flexibility index (Phi) is 3.08. The zero-order valence-electron chi connectivity index (χ0n) is 9.32. The van der Waals surface area contributed by atoms with Gasteiger partial charge in [0.1, 0.15) is 5.82 Å². The van der Waals surface area contributed by atoms with Crippen molar-refractivity contribution in [1.82, 2.24) is 19.7 Å². The first kappa shape index (κ1) is 11.4. The molecular weight excluding hydrogens is 268 g/mol. The minimum atomic E-state index is 0.405. The third-order valence-electron chi connectivity index (χ3n) is 2.48. The van der Waals surface area contributed by atoms with Crippen LogP contribution >= 0.6 is 22.9 Å². The van der Waals surface area contributed by atoms with Crippen LogP contribution in [0.1, 0.15) is 5.69 Å². The van der Waals surface area contributed by atoms with Crippen molar-refractivity contribution >= 4 is 22.9 Å². The van der Waals surface area contributed by atoms with Gasteiger partial charge in [0, 0.05) is 12.4 Å². The molecule has 18 heavy (non-hydrogen) atoms. The SMILES string of the molecule is Clc1ccc(Cn2ccnc2-c2cccs2)nn1. The van der Waals surface area contributed by atoms with Gasteiger partial charge < -0.3 is 4.57 Å². The van der Waals surface area contributed by atoms with E-state index in [-0.39, 0.29) is 0 Å². The summed E-state index contributed by atoms with van der Waals surface area (Å²) in [7, 11) is 0. The summed E-state index contributed by atoms with van der Waals surface area (Å²) in [5, 5.41) is 10.3. The Balaban J connectivity index is 1.90. The number of hydrogen-bond acceptors (Lipinski definition) is 4. The fourth-order valence-electron chi connectivity index (χ4n) is 1.67. The lowest BCUT2D eigenvalue weighted by atomic mass is 10.3. The van der Waals surface area contributed by atoms with Gasteiger partial charge in [-0.2, -0.15) is 5.10 Å². The van der Waals surface area contributed by atoms with Gasteiger partial charge in [-0.1, -0.05) is 17.7 Å². The molecule has 0 saturated heterocycles. The lowest BCUT2D eigenvalue weighted by Gasteiger charge is -2.05. The first-order valence-corrected chi connectivity index (χ1v) is 6.62. The number of aromatic nitrogens is 4. The van der Waals surface area contributed by atoms with Crippen LogP contribution in [0.4, 0.5) is 0 Å². The van der Waals surface area contributed by atoms with E-state index in [1.54, 1.807) is 23.6 Å². The molecule has 0 N–H and O–H groups in total. The van der Waals surface area contributed by atoms with Gasteiger partial charge >= 0.3 is 0 Å². The summed E-state index contributed by atoms with van der Waals surface area (Å²) in [4.78, 5) is 5.51. The van der Waals surface area contributed by atoms with E-state index in [2.05, 4.69) is 21.2 Å². The standard InChI is InChI=1S/C12H9ClN4S/c13-11-4-3-9(15-16-11)8-17-6-5-14-12(17)10-2-1-7-18-10/h1-7H,8H2. The number of imidazole rings is 1. The molecule has 0 saturated carbocycles. The van der Waals surface area contributed by atoms with Crippen molar-refractivity contribution in [3.63, 3.8) is 0 Å². The highest BCUT2D eigenvalue weighted by molar-refractivity contribution is 7.13. The Morgan fingerprint density at radius 2 is 2.17 bits per heavy atom. The minimum Gasteiger partial charge on any atom is -0.324 e. The summed E-state index contributed by atoms with van der Waals surface area (Å²) in [6, 6.07) is 7.68. The summed E-state index contributed by atoms with van der Waals surface area (Å²) in [6.45, 7) is 0.636. The van der Waals surface area contributed by atoms with Gasteiger partial charge in [0.2, 0.25) is 0 Å². The van der Waals surface area contributed by atoms with Gasteiger partial charge in [0.05, 0.1) is 17.1 Å². The van der Waals surface area contributed by atoms with E-state index in [0.717, 1.165) is 16.4 Å². The smallest absolute Gasteiger partial charge is 0.151 e. The molecule has 0 radical (unpaired) electrons. The number of thiophene rings is 1. The first-order valence-electron chi connectivity index (χ1n) is 5.36. The fraction of sp³-hybridized carbons (Fsp3) is 0.0833. The molecule has 90 valence electrons. The minimum absolute atomic E-state index is 0.405. The van der Waals surface area contributed by atoms with Crippen molar-refractivity contribution in [1.29, 1.82) is 0 Å². The Labute approximate surface area is 113 Å². The molecule has 3 aromatic rings. The Hall–Kier alpha value is -1.72. The second-order valence-electron chi connectivity index (χ2n) is 3.70. The maximum atomic E-state index is 5.71. The highest BCUT2D eigenvalue weighted by Crippen LogP contribution is 2.23. The molecule has 0 aliphatic rings. The molecule has 0 bridgehead atoms. The van der Waals surface area contributed by atoms with Crippen molar-refractivity contribution in [2.24, 2.45) is 0 Å². The van der Waals surface area contributed by atoms with E-state index in [9.17, 15) is 0 Å². The largest absolute Gasteiger partial charge is 0.324 e. The predicted octanol–water partition coefficient (Wildman–Crippen LogP) is 3.10. The summed E-state index contributed by atoms with van der Waals surface area (Å²) < 4.78 is 2.05. The van der Waals surface area contributed by atoms with Crippen molar-refractivity contribution in [3.8, 4) is 10.7 Å². The monoisotopic (exact) mass is 276 g/mol. The number of halogens is 1. The second kappa shape index (κ2) is 4.88. The third kappa shape index (κ3) is 2.27. The molecule has 0 fully saturated rings. The predicted molar refractivity (Wildman–Crippen MR) is 71.7 cm³/mol. The normalized spacial score (nSPS) is 10.7. The van der Waals surface area contributed by atoms with E-state index < -0.39 is 0 Å². The van der Waals surface area contributed by atoms with Gasteiger partial charge in [-0.05, 0) is 23.6 Å². The van der Waals surface area contributed by atoms with Crippen molar-refractivity contribution in [3.05, 3.63) is 52.9 Å². The molecule has 6 heteroatoms. The molecule has 0 atom stereocenters. The van der Waals surface area contributed by atoms with Gasteiger partial charge in [-0.3, -0.25) is 0 Å². The molecule has 0 unspecified atom stereocenters. The van der Waals surface area contributed by atoms with E-state index in [4.69, 9.17) is 11.6 Å². The lowest BCUT2D eigenvalue weighted by molar-refractivity contribution is 0.761. The summed E-state index contributed by atoms with van der Waals surface area (Å²) in [6.07, 6.45) is 3.73. The molecule has 0 aliphatic heterocycles. The molecule has 0 amide bonds. The quantitative estimate of drug-likeness (QED) is 0.738. The van der Waals surface area contributed by atoms with Crippen molar-refractivity contribution in [2.75, 3.05) is 0 Å². The molecule has 4 nitrogen and oxygen atoms in total. The van der Waals surface area contributed by atoms with Crippen LogP contribution in [0.5, 0.6) is 0 Å². The Morgan fingerprint density at radius 1 is 1.22 bits per heavy atom. The third-order valence-corrected chi connectivity index (χ3v) is 3.54. The van der Waals surface area contributed by atoms with E-state index in [1.165, 1.54) is 0 Å². The Bertz CT molecular complexity index is 630. The van der Waals surface area contributed by atoms with Crippen LogP contribution in [0.3, 0.4) is 0 Å². The van der Waals surface area contributed by atoms with Crippen LogP contribution in [-0.2, 0) is 6.54 Å². The van der Waals surface area contributed by atoms with Crippen LogP contribution in [0.25, 0.3) is 10.7 Å². The average molecular weight is 277 g/mol. The van der Waals surface area contributed by atoms with E-state index in [0.29, 0.717) is 11.7 Å². The molecular formula is C12H9ClN4S. The lowest BCUT2D eigenvalue weighted by Crippen LogP contribution is -2.03. The number of rotatable bonds is 3. The zero-order valence-corrected chi connectivity index (χ0v) is 10.9. The highest BCUT2D eigenvalue weighted by atomic mass is 35.5. The highest BCUT2D eigenvalue weighted by Gasteiger charge is 2.07. The van der Waals surface area contributed by atoms with Crippen LogP contribution < -0.4 is 0 Å². The number of hydrogen-bond donors (Lipinski definition) is 0. The average Bonchev–Trinajstić information content (AvgIpc) is 3.02. The van der Waals surface area contributed by atoms with E-state index in [1.807, 2.05) is 28.3 Å². The Morgan fingerprint density at radius 3 is 2.89 bits per heavy atom. The topological polar surface area (TPSA) is 43.6 Å². The summed E-state index contributed by atoms with van der Waals surface area (Å²) >= 11 is 7.38. The van der Waals surface area contributed by atoms with Gasteiger partial charge in [0.15, 0.2) is 5.15 Å². The van der Waals surface area contributed by atoms with Gasteiger partial charge in [-0.25, -0.2) is 4.98 Å². The summed E-state index contributed by atoms with van der Waals surface area (Å²) in [5.41, 5.74) is 0.857. The maximum absolute atomic E-state index is 5.71. The van der Waals surface area contributed by atoms with Crippen molar-refractivity contribution in [2.45, 2.75) is 6.54 Å². The molecule has 0 aliphatic carbocycles. The molecule has 0 aromatic carbocycles. The van der Waals surface area contributed by atoms with Crippen LogP contribution in [0, 0.1) is 0 Å². The second-order valence-corrected chi connectivity index (χ2v) is 5.04. The van der Waals surface area contributed by atoms with E-state index >= 15 is 0 Å². The zero-order chi connectivity index (χ0) is 12.4. The van der Waals surface area contributed by atoms with Gasteiger partial charge in [0.25, 0.3) is 0 Å². The van der Waals surface area contributed by atoms with Crippen LogP contribution in [-0.4, -0.2) is 19.7 Å². The van der Waals surface area contributed by atoms with Crippen LogP contribution in [0.2, 0.25) is 5.15 Å². The van der Waals surface area contributed by atoms with Crippen molar-refractivity contribution < 1.29 is 0 Å². The fourth-order valence-corrected chi connectivity index (χ4v) is 2.51. The number of nitrogens with zero attached hydrogens (tertiary/aromatic N) is 4. The summed E-state index contributed by atoms with van der Waals surface area (Å²) in [5.74, 6) is 0.946. The maximum Gasteiger partial charge on any atom is 0.151 e. The molecule has 0 spiro atoms. The first-order chi connectivity index (χ1) is 8.83. The molecule has 3 heterocycles. The molecule has 3 aromatic heterocycles. The van der Waals surface area contributed by atoms with Crippen LogP contribution in [0.15, 0.2) is 42.0 Å². The van der Waals surface area contributed by atoms with Gasteiger partial charge in [-0.15, -0.1) is 16.4 Å². The molecule has 3 rings (SSSR count).